The fourth-order valence-electron chi connectivity index (χ4n) is 5.67. The molecule has 0 saturated heterocycles. The third kappa shape index (κ3) is 6.21. The number of nitrogens with zero attached hydrogens (tertiary/aromatic N) is 3. The number of aryl methyl sites for hydroxylation is 1. The Bertz CT molecular complexity index is 1240. The number of amides is 2. The van der Waals surface area contributed by atoms with E-state index >= 15 is 0 Å². The maximum absolute atomic E-state index is 13.6. The van der Waals surface area contributed by atoms with Gasteiger partial charge in [0, 0.05) is 31.3 Å². The van der Waals surface area contributed by atoms with E-state index in [9.17, 15) is 14.8 Å². The van der Waals surface area contributed by atoms with Gasteiger partial charge in [-0.05, 0) is 54.9 Å². The normalized spacial score (nSPS) is 21.4. The fourth-order valence-corrected chi connectivity index (χ4v) is 5.67. The number of hydrogen-bond acceptors (Lipinski definition) is 5. The Hall–Kier alpha value is -3.94. The predicted molar refractivity (Wildman–Crippen MR) is 155 cm³/mol. The highest BCUT2D eigenvalue weighted by Gasteiger charge is 2.37. The van der Waals surface area contributed by atoms with Gasteiger partial charge in [-0.2, -0.15) is 9.83 Å². The molecule has 1 aliphatic carbocycles. The van der Waals surface area contributed by atoms with Gasteiger partial charge >= 0.3 is 0 Å². The number of rotatable bonds is 9. The summed E-state index contributed by atoms with van der Waals surface area (Å²) in [6.07, 6.45) is 10.9. The molecule has 2 aliphatic rings. The number of hydrazone groups is 1. The van der Waals surface area contributed by atoms with E-state index in [4.69, 9.17) is 0 Å². The first-order valence-corrected chi connectivity index (χ1v) is 13.7. The molecule has 1 saturated carbocycles. The van der Waals surface area contributed by atoms with Crippen molar-refractivity contribution < 1.29 is 14.3 Å². The average molecular weight is 530 g/mol. The highest BCUT2D eigenvalue weighted by atomic mass is 16.5. The minimum Gasteiger partial charge on any atom is -0.618 e. The van der Waals surface area contributed by atoms with Gasteiger partial charge in [0.25, 0.3) is 0 Å². The molecule has 1 unspecified atom stereocenters. The zero-order chi connectivity index (χ0) is 28.1. The molecule has 2 N–H and O–H groups in total. The molecule has 8 nitrogen and oxygen atoms in total. The summed E-state index contributed by atoms with van der Waals surface area (Å²) in [6, 6.07) is 7.82. The van der Waals surface area contributed by atoms with Crippen LogP contribution in [0.3, 0.4) is 0 Å². The predicted octanol–water partition coefficient (Wildman–Crippen LogP) is 4.65. The van der Waals surface area contributed by atoms with Gasteiger partial charge in [0.15, 0.2) is 11.9 Å². The Morgan fingerprint density at radius 1 is 1.10 bits per heavy atom. The fraction of sp³-hybridized carbons (Fsp3) is 0.419. The standard InChI is InChI=1S/C31H39N5O3/c1-6-26(7-2)36-27(16-18-32-36)30(37)34-29(24-10-8-20(3)9-11-24)31(38)33-25-14-12-23(13-15-25)28-21(4)17-19-35(39)22(28)5/h6-7,12-15,17-20,24,26-27,29H,1-2,8-11,16H2,3-5H3,(H,33,38)(H,34,37)/t20?,24?,27?,29-/m0/s1. The number of nitrogens with one attached hydrogen (secondary N) is 2. The zero-order valence-corrected chi connectivity index (χ0v) is 23.1. The molecule has 8 heteroatoms. The largest absolute Gasteiger partial charge is 0.618 e. The van der Waals surface area contributed by atoms with Crippen molar-refractivity contribution in [2.45, 2.75) is 71.0 Å². The van der Waals surface area contributed by atoms with E-state index in [2.05, 4.69) is 35.8 Å². The maximum Gasteiger partial charge on any atom is 0.247 e. The summed E-state index contributed by atoms with van der Waals surface area (Å²) in [5, 5.41) is 24.2. The van der Waals surface area contributed by atoms with Crippen LogP contribution >= 0.6 is 0 Å². The first-order chi connectivity index (χ1) is 18.7. The van der Waals surface area contributed by atoms with Crippen LogP contribution in [0.15, 0.2) is 66.9 Å². The first kappa shape index (κ1) is 28.1. The summed E-state index contributed by atoms with van der Waals surface area (Å²) < 4.78 is 0.860. The summed E-state index contributed by atoms with van der Waals surface area (Å²) in [6.45, 7) is 13.7. The van der Waals surface area contributed by atoms with Crippen molar-refractivity contribution in [1.82, 2.24) is 10.3 Å². The lowest BCUT2D eigenvalue weighted by Crippen LogP contribution is -2.54. The van der Waals surface area contributed by atoms with Crippen LogP contribution < -0.4 is 15.4 Å². The van der Waals surface area contributed by atoms with Crippen LogP contribution in [0.4, 0.5) is 5.69 Å². The first-order valence-electron chi connectivity index (χ1n) is 13.7. The number of carbonyl (C=O) groups is 2. The van der Waals surface area contributed by atoms with Gasteiger partial charge in [0.05, 0.1) is 11.6 Å². The minimum atomic E-state index is -0.656. The number of aromatic nitrogens is 1. The van der Waals surface area contributed by atoms with Crippen molar-refractivity contribution in [2.75, 3.05) is 5.32 Å². The monoisotopic (exact) mass is 529 g/mol. The molecular weight excluding hydrogens is 490 g/mol. The second-order valence-corrected chi connectivity index (χ2v) is 10.7. The summed E-state index contributed by atoms with van der Waals surface area (Å²) in [5.74, 6) is 0.216. The van der Waals surface area contributed by atoms with Crippen LogP contribution in [0.5, 0.6) is 0 Å². The van der Waals surface area contributed by atoms with Gasteiger partial charge in [-0.1, -0.05) is 44.1 Å². The maximum atomic E-state index is 13.6. The summed E-state index contributed by atoms with van der Waals surface area (Å²) in [4.78, 5) is 27.1. The topological polar surface area (TPSA) is 101 Å². The SMILES string of the molecule is C=CC(C=C)N1N=CCC1C(=O)N[C@H](C(=O)Nc1ccc(-c2c(C)cc[n+]([O-])c2C)cc1)C1CCC(C)CC1. The molecule has 2 amide bonds. The number of carbonyl (C=O) groups excluding carboxylic acids is 2. The smallest absolute Gasteiger partial charge is 0.247 e. The van der Waals surface area contributed by atoms with E-state index in [0.29, 0.717) is 23.7 Å². The molecule has 2 aromatic rings. The van der Waals surface area contributed by atoms with E-state index in [-0.39, 0.29) is 23.8 Å². The summed E-state index contributed by atoms with van der Waals surface area (Å²) in [5.41, 5.74) is 4.05. The Labute approximate surface area is 231 Å². The third-order valence-corrected chi connectivity index (χ3v) is 8.05. The van der Waals surface area contributed by atoms with Gasteiger partial charge < -0.3 is 15.8 Å². The molecule has 1 aromatic carbocycles. The van der Waals surface area contributed by atoms with Crippen molar-refractivity contribution in [3.63, 3.8) is 0 Å². The van der Waals surface area contributed by atoms with Crippen molar-refractivity contribution in [3.8, 4) is 11.1 Å². The molecule has 2 atom stereocenters. The van der Waals surface area contributed by atoms with Crippen molar-refractivity contribution in [3.05, 3.63) is 78.3 Å². The van der Waals surface area contributed by atoms with Crippen LogP contribution in [0.2, 0.25) is 0 Å². The van der Waals surface area contributed by atoms with E-state index in [0.717, 1.165) is 47.1 Å². The lowest BCUT2D eigenvalue weighted by Gasteiger charge is -2.34. The van der Waals surface area contributed by atoms with Crippen LogP contribution in [0.25, 0.3) is 11.1 Å². The van der Waals surface area contributed by atoms with Crippen LogP contribution in [0, 0.1) is 30.9 Å². The molecule has 1 aromatic heterocycles. The van der Waals surface area contributed by atoms with Crippen molar-refractivity contribution >= 4 is 23.7 Å². The highest BCUT2D eigenvalue weighted by Crippen LogP contribution is 2.32. The third-order valence-electron chi connectivity index (χ3n) is 8.05. The molecule has 0 spiro atoms. The quantitative estimate of drug-likeness (QED) is 0.280. The zero-order valence-electron chi connectivity index (χ0n) is 23.1. The Morgan fingerprint density at radius 2 is 1.77 bits per heavy atom. The number of hydrogen-bond donors (Lipinski definition) is 2. The minimum absolute atomic E-state index is 0.0527. The number of benzene rings is 1. The molecule has 206 valence electrons. The number of pyridine rings is 1. The summed E-state index contributed by atoms with van der Waals surface area (Å²) in [7, 11) is 0. The Morgan fingerprint density at radius 3 is 2.41 bits per heavy atom. The lowest BCUT2D eigenvalue weighted by atomic mass is 9.79. The Kier molecular flexibility index (Phi) is 8.84. The van der Waals surface area contributed by atoms with E-state index < -0.39 is 12.1 Å². The molecular formula is C31H39N5O3. The molecule has 2 heterocycles. The van der Waals surface area contributed by atoms with Crippen molar-refractivity contribution in [2.24, 2.45) is 16.9 Å². The van der Waals surface area contributed by atoms with Gasteiger partial charge in [-0.3, -0.25) is 14.6 Å². The molecule has 1 aliphatic heterocycles. The van der Waals surface area contributed by atoms with Crippen LogP contribution in [-0.4, -0.2) is 41.2 Å². The molecule has 39 heavy (non-hydrogen) atoms. The van der Waals surface area contributed by atoms with E-state index in [1.165, 1.54) is 6.20 Å². The Balaban J connectivity index is 1.51. The molecule has 1 fully saturated rings. The molecule has 0 bridgehead atoms. The summed E-state index contributed by atoms with van der Waals surface area (Å²) >= 11 is 0. The van der Waals surface area contributed by atoms with Gasteiger partial charge in [-0.25, -0.2) is 0 Å². The lowest BCUT2D eigenvalue weighted by molar-refractivity contribution is -0.611. The highest BCUT2D eigenvalue weighted by molar-refractivity contribution is 5.98. The van der Waals surface area contributed by atoms with Crippen molar-refractivity contribution in [1.29, 1.82) is 0 Å². The van der Waals surface area contributed by atoms with E-state index in [1.54, 1.807) is 36.4 Å². The average Bonchev–Trinajstić information content (AvgIpc) is 3.42. The second kappa shape index (κ2) is 12.3. The van der Waals surface area contributed by atoms with E-state index in [1.807, 2.05) is 31.2 Å². The van der Waals surface area contributed by atoms with Crippen LogP contribution in [-0.2, 0) is 9.59 Å². The molecule has 4 rings (SSSR count). The second-order valence-electron chi connectivity index (χ2n) is 10.7. The van der Waals surface area contributed by atoms with Gasteiger partial charge in [-0.15, -0.1) is 13.2 Å². The molecule has 0 radical (unpaired) electrons. The van der Waals surface area contributed by atoms with Gasteiger partial charge in [0.1, 0.15) is 12.1 Å². The van der Waals surface area contributed by atoms with Crippen LogP contribution in [0.1, 0.15) is 50.3 Å². The number of anilines is 1. The van der Waals surface area contributed by atoms with Gasteiger partial charge in [0.2, 0.25) is 11.8 Å².